The Hall–Kier alpha value is -1.58. The maximum Gasteiger partial charge on any atom is 0.311 e. The third-order valence-electron chi connectivity index (χ3n) is 4.76. The monoisotopic (exact) mass is 394 g/mol. The number of ether oxygens (including phenoxy) is 2. The Morgan fingerprint density at radius 1 is 0.750 bits per heavy atom. The van der Waals surface area contributed by atoms with Gasteiger partial charge in [0.1, 0.15) is 6.26 Å². The Kier molecular flexibility index (Phi) is 19.0. The average Bonchev–Trinajstić information content (AvgIpc) is 2.68. The topological polar surface area (TPSA) is 52.6 Å². The molecule has 4 nitrogen and oxygen atoms in total. The Morgan fingerprint density at radius 2 is 1.18 bits per heavy atom. The Morgan fingerprint density at radius 3 is 1.57 bits per heavy atom. The fourth-order valence-corrected chi connectivity index (χ4v) is 3.08. The molecule has 0 spiro atoms. The van der Waals surface area contributed by atoms with E-state index in [1.54, 1.807) is 0 Å². The highest BCUT2D eigenvalue weighted by molar-refractivity contribution is 5.71. The second-order valence-corrected chi connectivity index (χ2v) is 7.51. The van der Waals surface area contributed by atoms with Crippen molar-refractivity contribution in [3.63, 3.8) is 0 Å². The van der Waals surface area contributed by atoms with Crippen LogP contribution in [-0.2, 0) is 19.1 Å². The van der Waals surface area contributed by atoms with Crippen LogP contribution in [0.25, 0.3) is 0 Å². The van der Waals surface area contributed by atoms with Crippen molar-refractivity contribution >= 4 is 11.9 Å². The maximum atomic E-state index is 11.7. The van der Waals surface area contributed by atoms with Gasteiger partial charge in [-0.25, -0.2) is 0 Å². The Bertz CT molecular complexity index is 440. The van der Waals surface area contributed by atoms with Crippen LogP contribution < -0.4 is 0 Å². The van der Waals surface area contributed by atoms with E-state index in [4.69, 9.17) is 4.74 Å². The van der Waals surface area contributed by atoms with Crippen LogP contribution in [0.1, 0.15) is 117 Å². The fourth-order valence-electron chi connectivity index (χ4n) is 3.08. The first-order chi connectivity index (χ1) is 13.6. The number of hydrogen-bond donors (Lipinski definition) is 0. The van der Waals surface area contributed by atoms with E-state index in [1.807, 2.05) is 0 Å². The molecule has 0 aromatic rings. The van der Waals surface area contributed by atoms with Gasteiger partial charge in [-0.15, -0.1) is 0 Å². The Balaban J connectivity index is 3.40. The van der Waals surface area contributed by atoms with E-state index in [-0.39, 0.29) is 11.7 Å². The molecule has 0 amide bonds. The van der Waals surface area contributed by atoms with Crippen LogP contribution in [0.3, 0.4) is 0 Å². The van der Waals surface area contributed by atoms with Gasteiger partial charge in [0.2, 0.25) is 0 Å². The molecule has 28 heavy (non-hydrogen) atoms. The molecule has 0 heterocycles. The number of rotatable bonds is 19. The van der Waals surface area contributed by atoms with Crippen molar-refractivity contribution in [1.82, 2.24) is 0 Å². The van der Waals surface area contributed by atoms with Gasteiger partial charge < -0.3 is 9.47 Å². The van der Waals surface area contributed by atoms with Crippen LogP contribution in [0.2, 0.25) is 0 Å². The summed E-state index contributed by atoms with van der Waals surface area (Å²) >= 11 is 0. The van der Waals surface area contributed by atoms with Crippen molar-refractivity contribution in [1.29, 1.82) is 0 Å². The van der Waals surface area contributed by atoms with E-state index < -0.39 is 5.97 Å². The van der Waals surface area contributed by atoms with Gasteiger partial charge in [0.05, 0.1) is 0 Å². The number of hydrogen-bond acceptors (Lipinski definition) is 4. The van der Waals surface area contributed by atoms with Crippen LogP contribution >= 0.6 is 0 Å². The number of carbonyl (C=O) groups is 2. The first-order valence-electron chi connectivity index (χ1n) is 11.3. The molecule has 0 aliphatic rings. The van der Waals surface area contributed by atoms with E-state index in [2.05, 4.69) is 18.2 Å². The lowest BCUT2D eigenvalue weighted by Crippen LogP contribution is -2.04. The smallest absolute Gasteiger partial charge is 0.311 e. The van der Waals surface area contributed by atoms with Crippen molar-refractivity contribution < 1.29 is 19.1 Å². The van der Waals surface area contributed by atoms with Gasteiger partial charge in [-0.3, -0.25) is 9.59 Å². The molecule has 0 aromatic carbocycles. The molecular formula is C24H42O4. The normalized spacial score (nSPS) is 11.3. The molecular weight excluding hydrogens is 352 g/mol. The molecule has 0 rings (SSSR count). The largest absolute Gasteiger partial charge is 0.431 e. The number of allylic oxidation sites excluding steroid dienone is 1. The molecule has 0 radical (unpaired) electrons. The van der Waals surface area contributed by atoms with E-state index >= 15 is 0 Å². The van der Waals surface area contributed by atoms with Gasteiger partial charge in [0.15, 0.2) is 5.76 Å². The predicted octanol–water partition coefficient (Wildman–Crippen LogP) is 7.38. The maximum absolute atomic E-state index is 11.7. The quantitative estimate of drug-likeness (QED) is 0.0992. The molecule has 162 valence electrons. The summed E-state index contributed by atoms with van der Waals surface area (Å²) in [5, 5.41) is 0. The van der Waals surface area contributed by atoms with Crippen LogP contribution in [-0.4, -0.2) is 11.9 Å². The van der Waals surface area contributed by atoms with Gasteiger partial charge in [-0.1, -0.05) is 103 Å². The van der Waals surface area contributed by atoms with Crippen LogP contribution in [0.4, 0.5) is 0 Å². The summed E-state index contributed by atoms with van der Waals surface area (Å²) in [5.41, 5.74) is 0. The highest BCUT2D eigenvalue weighted by Crippen LogP contribution is 2.14. The first-order valence-corrected chi connectivity index (χ1v) is 11.3. The van der Waals surface area contributed by atoms with Gasteiger partial charge in [-0.05, 0) is 12.5 Å². The number of carbonyl (C=O) groups excluding carboxylic acids is 2. The molecule has 0 N–H and O–H groups in total. The molecule has 0 atom stereocenters. The van der Waals surface area contributed by atoms with Crippen LogP contribution in [0.15, 0.2) is 24.7 Å². The third-order valence-corrected chi connectivity index (χ3v) is 4.76. The lowest BCUT2D eigenvalue weighted by molar-refractivity contribution is -0.141. The van der Waals surface area contributed by atoms with Crippen molar-refractivity contribution in [3.05, 3.63) is 24.7 Å². The number of unbranched alkanes of at least 4 members (excludes halogenated alkanes) is 14. The molecule has 0 aromatic heterocycles. The van der Waals surface area contributed by atoms with Crippen molar-refractivity contribution in [3.8, 4) is 0 Å². The standard InChI is InChI=1S/C24H42O4/c1-4-6-7-8-9-10-11-12-13-14-15-16-17-18-19-20-24(26)28-23(5-2)21-27-22(3)25/h5,21H,2,4,6-20H2,1,3H3/b23-21+. The molecule has 0 unspecified atom stereocenters. The zero-order chi connectivity index (χ0) is 20.9. The third kappa shape index (κ3) is 19.2. The highest BCUT2D eigenvalue weighted by Gasteiger charge is 2.06. The minimum atomic E-state index is -0.460. The molecule has 4 heteroatoms. The van der Waals surface area contributed by atoms with E-state index in [0.717, 1.165) is 19.1 Å². The molecule has 0 saturated heterocycles. The summed E-state index contributed by atoms with van der Waals surface area (Å²) in [6, 6.07) is 0. The summed E-state index contributed by atoms with van der Waals surface area (Å²) in [7, 11) is 0. The zero-order valence-electron chi connectivity index (χ0n) is 18.3. The summed E-state index contributed by atoms with van der Waals surface area (Å²) in [5.74, 6) is -0.605. The van der Waals surface area contributed by atoms with Crippen molar-refractivity contribution in [2.75, 3.05) is 0 Å². The molecule has 0 aliphatic heterocycles. The van der Waals surface area contributed by atoms with Gasteiger partial charge >= 0.3 is 11.9 Å². The fraction of sp³-hybridized carbons (Fsp3) is 0.750. The van der Waals surface area contributed by atoms with Crippen LogP contribution in [0.5, 0.6) is 0 Å². The van der Waals surface area contributed by atoms with Crippen LogP contribution in [0, 0.1) is 0 Å². The average molecular weight is 395 g/mol. The molecule has 0 saturated carbocycles. The molecule has 0 aliphatic carbocycles. The number of esters is 2. The lowest BCUT2D eigenvalue weighted by Gasteiger charge is -2.05. The van der Waals surface area contributed by atoms with Gasteiger partial charge in [0, 0.05) is 13.3 Å². The van der Waals surface area contributed by atoms with Gasteiger partial charge in [0.25, 0.3) is 0 Å². The predicted molar refractivity (Wildman–Crippen MR) is 116 cm³/mol. The van der Waals surface area contributed by atoms with E-state index in [9.17, 15) is 9.59 Å². The first kappa shape index (κ1) is 26.4. The summed E-state index contributed by atoms with van der Waals surface area (Å²) in [6.07, 6.45) is 22.3. The summed E-state index contributed by atoms with van der Waals surface area (Å²) in [4.78, 5) is 22.5. The van der Waals surface area contributed by atoms with Crippen molar-refractivity contribution in [2.45, 2.75) is 117 Å². The highest BCUT2D eigenvalue weighted by atomic mass is 16.6. The minimum Gasteiger partial charge on any atom is -0.431 e. The molecule has 0 bridgehead atoms. The second-order valence-electron chi connectivity index (χ2n) is 7.51. The van der Waals surface area contributed by atoms with Gasteiger partial charge in [-0.2, -0.15) is 0 Å². The zero-order valence-corrected chi connectivity index (χ0v) is 18.3. The lowest BCUT2D eigenvalue weighted by atomic mass is 10.0. The second kappa shape index (κ2) is 20.2. The summed E-state index contributed by atoms with van der Waals surface area (Å²) in [6.45, 7) is 7.08. The Labute approximate surface area is 172 Å². The van der Waals surface area contributed by atoms with E-state index in [1.165, 1.54) is 96.5 Å². The molecule has 0 fully saturated rings. The van der Waals surface area contributed by atoms with E-state index in [0.29, 0.717) is 6.42 Å². The van der Waals surface area contributed by atoms with Crippen molar-refractivity contribution in [2.24, 2.45) is 0 Å². The minimum absolute atomic E-state index is 0.168. The SMILES string of the molecule is C=C/C(=C\OC(C)=O)OC(=O)CCCCCCCCCCCCCCCCC. The summed E-state index contributed by atoms with van der Waals surface area (Å²) < 4.78 is 9.77.